The molecule has 1 aliphatic carbocycles. The first-order valence-electron chi connectivity index (χ1n) is 27.8. The molecular formula is C69H48N2. The van der Waals surface area contributed by atoms with E-state index in [1.807, 2.05) is 146 Å². The van der Waals surface area contributed by atoms with Gasteiger partial charge in [-0.05, 0) is 144 Å². The highest BCUT2D eigenvalue weighted by atomic mass is 15.1. The van der Waals surface area contributed by atoms with Crippen LogP contribution in [0, 0.1) is 0 Å². The van der Waals surface area contributed by atoms with Crippen molar-refractivity contribution >= 4 is 60.4 Å². The van der Waals surface area contributed by atoms with Gasteiger partial charge in [-0.3, -0.25) is 0 Å². The number of hydrogen-bond acceptors (Lipinski definition) is 1. The molecule has 0 N–H and O–H groups in total. The van der Waals surface area contributed by atoms with Gasteiger partial charge in [-0.2, -0.15) is 0 Å². The molecule has 334 valence electrons. The van der Waals surface area contributed by atoms with E-state index in [1.165, 1.54) is 0 Å². The molecule has 11 aromatic carbocycles. The normalized spacial score (nSPS) is 15.7. The maximum atomic E-state index is 10.0. The van der Waals surface area contributed by atoms with Crippen LogP contribution in [0.1, 0.15) is 27.7 Å². The first-order chi connectivity index (χ1) is 38.5. The van der Waals surface area contributed by atoms with E-state index in [4.69, 9.17) is 0 Å². The van der Waals surface area contributed by atoms with E-state index >= 15 is 0 Å². The van der Waals surface area contributed by atoms with Crippen molar-refractivity contribution in [3.05, 3.63) is 302 Å². The molecule has 0 amide bonds. The van der Waals surface area contributed by atoms with Crippen LogP contribution in [0.4, 0.5) is 17.1 Å². The fourth-order valence-corrected chi connectivity index (χ4v) is 11.1. The summed E-state index contributed by atoms with van der Waals surface area (Å²) in [7, 11) is 0. The molecule has 0 aliphatic heterocycles. The molecule has 71 heavy (non-hydrogen) atoms. The molecule has 0 saturated heterocycles. The molecule has 13 rings (SSSR count). The lowest BCUT2D eigenvalue weighted by Gasteiger charge is -2.35. The summed E-state index contributed by atoms with van der Waals surface area (Å²) in [6.07, 6.45) is 5.61. The predicted molar refractivity (Wildman–Crippen MR) is 302 cm³/mol. The first kappa shape index (κ1) is 34.1. The molecule has 0 saturated carbocycles. The second kappa shape index (κ2) is 17.1. The molecule has 0 radical (unpaired) electrons. The summed E-state index contributed by atoms with van der Waals surface area (Å²) in [6, 6.07) is 63.0. The van der Waals surface area contributed by atoms with E-state index in [-0.39, 0.29) is 34.6 Å². The second-order valence-electron chi connectivity index (χ2n) is 17.8. The lowest BCUT2D eigenvalue weighted by Crippen LogP contribution is -2.29. The SMILES string of the molecule is [2H]c1c([2H])c(N(c2ccc(-c3cc4ccccc4c4ccccc34)cc2)c2ccc3c(c2)C(/C(C=C)=C/C=C)(c2ccccc2)c2ccccc2-3)c([2H])c([2H])c1-c1c([2H])c([2H])c(-n2c3ccccc3c3ccccc32)c([2H])c1[2H]. The molecule has 1 unspecified atom stereocenters. The summed E-state index contributed by atoms with van der Waals surface area (Å²) in [4.78, 5) is 1.76. The first-order valence-corrected chi connectivity index (χ1v) is 23.8. The van der Waals surface area contributed by atoms with Crippen molar-refractivity contribution in [2.45, 2.75) is 5.41 Å². The lowest BCUT2D eigenvalue weighted by atomic mass is 9.67. The topological polar surface area (TPSA) is 8.17 Å². The fraction of sp³-hybridized carbons (Fsp3) is 0.0145. The molecular weight excluding hydrogens is 857 g/mol. The monoisotopic (exact) mass is 912 g/mol. The Morgan fingerprint density at radius 3 is 1.69 bits per heavy atom. The molecule has 0 spiro atoms. The van der Waals surface area contributed by atoms with E-state index in [2.05, 4.69) is 79.9 Å². The number of fused-ring (bicyclic) bond motifs is 9. The van der Waals surface area contributed by atoms with Crippen molar-refractivity contribution in [3.63, 3.8) is 0 Å². The summed E-state index contributed by atoms with van der Waals surface area (Å²) in [6.45, 7) is 8.44. The Bertz CT molecular complexity index is 4470. The average Bonchev–Trinajstić information content (AvgIpc) is 3.41. The van der Waals surface area contributed by atoms with E-state index in [9.17, 15) is 11.0 Å². The van der Waals surface area contributed by atoms with Crippen LogP contribution in [0.2, 0.25) is 0 Å². The van der Waals surface area contributed by atoms with Crippen LogP contribution in [0.15, 0.2) is 285 Å². The minimum atomic E-state index is -0.896. The van der Waals surface area contributed by atoms with Gasteiger partial charge in [0.05, 0.1) is 27.4 Å². The number of nitrogens with zero attached hydrogens (tertiary/aromatic N) is 2. The summed E-state index contributed by atoms with van der Waals surface area (Å²) in [5.41, 5.74) is 8.67. The zero-order valence-electron chi connectivity index (χ0n) is 46.6. The van der Waals surface area contributed by atoms with Crippen molar-refractivity contribution in [1.82, 2.24) is 4.57 Å². The molecule has 0 fully saturated rings. The number of benzene rings is 11. The van der Waals surface area contributed by atoms with Gasteiger partial charge in [0, 0.05) is 33.5 Å². The van der Waals surface area contributed by atoms with Gasteiger partial charge in [0.25, 0.3) is 0 Å². The Labute approximate surface area is 425 Å². The van der Waals surface area contributed by atoms with Gasteiger partial charge in [0.15, 0.2) is 0 Å². The van der Waals surface area contributed by atoms with Gasteiger partial charge in [0.1, 0.15) is 0 Å². The van der Waals surface area contributed by atoms with Crippen LogP contribution in [0.3, 0.4) is 0 Å². The van der Waals surface area contributed by atoms with Crippen LogP contribution >= 0.6 is 0 Å². The van der Waals surface area contributed by atoms with Crippen LogP contribution < -0.4 is 4.90 Å². The summed E-state index contributed by atoms with van der Waals surface area (Å²) < 4.78 is 79.6. The maximum absolute atomic E-state index is 10.0. The van der Waals surface area contributed by atoms with Crippen LogP contribution in [0.25, 0.3) is 82.4 Å². The van der Waals surface area contributed by atoms with Gasteiger partial charge >= 0.3 is 0 Å². The van der Waals surface area contributed by atoms with E-state index in [0.29, 0.717) is 22.4 Å². The quantitative estimate of drug-likeness (QED) is 0.0980. The molecule has 2 nitrogen and oxygen atoms in total. The fourth-order valence-electron chi connectivity index (χ4n) is 11.1. The number of rotatable bonds is 10. The van der Waals surface area contributed by atoms with Gasteiger partial charge in [0.2, 0.25) is 0 Å². The molecule has 1 aromatic heterocycles. The van der Waals surface area contributed by atoms with Crippen molar-refractivity contribution in [2.24, 2.45) is 0 Å². The average molecular weight is 913 g/mol. The summed E-state index contributed by atoms with van der Waals surface area (Å²) in [5, 5.41) is 6.21. The lowest BCUT2D eigenvalue weighted by molar-refractivity contribution is 0.767. The van der Waals surface area contributed by atoms with Gasteiger partial charge < -0.3 is 9.47 Å². The highest BCUT2D eigenvalue weighted by Gasteiger charge is 2.46. The Kier molecular flexibility index (Phi) is 8.20. The van der Waals surface area contributed by atoms with Crippen molar-refractivity contribution < 1.29 is 11.0 Å². The minimum absolute atomic E-state index is 0.0159. The standard InChI is InChI=1S/C69H48N2/c1-3-18-51(4-2)69(52-20-6-5-7-21-52)65-28-15-12-25-60(65)61-44-43-56(46-66(61)69)70(54-41-35-49(36-42-54)64-45-50-19-8-9-22-57(50)58-23-10-11-24-59(58)64)53-37-31-47(32-38-53)48-33-39-55(40-34-48)71-67-29-16-13-26-62(67)63-27-14-17-30-68(63)71/h3-46H,1-2H2/b51-18+/i31D,32D,33D,34D,37D,38D,39D,40D. The highest BCUT2D eigenvalue weighted by molar-refractivity contribution is 6.14. The molecule has 1 aliphatic rings. The third-order valence-electron chi connectivity index (χ3n) is 14.1. The van der Waals surface area contributed by atoms with Gasteiger partial charge in [-0.15, -0.1) is 0 Å². The zero-order chi connectivity index (χ0) is 54.4. The third kappa shape index (κ3) is 6.64. The van der Waals surface area contributed by atoms with Crippen LogP contribution in [0.5, 0.6) is 0 Å². The minimum Gasteiger partial charge on any atom is -0.310 e. The van der Waals surface area contributed by atoms with Crippen molar-refractivity contribution in [3.8, 4) is 39.1 Å². The van der Waals surface area contributed by atoms with Crippen LogP contribution in [-0.2, 0) is 5.41 Å². The second-order valence-corrected chi connectivity index (χ2v) is 17.8. The number of para-hydroxylation sites is 2. The smallest absolute Gasteiger partial charge is 0.0714 e. The van der Waals surface area contributed by atoms with E-state index < -0.39 is 41.7 Å². The Morgan fingerprint density at radius 1 is 0.437 bits per heavy atom. The van der Waals surface area contributed by atoms with Gasteiger partial charge in [-0.25, -0.2) is 0 Å². The van der Waals surface area contributed by atoms with Crippen LogP contribution in [-0.4, -0.2) is 4.57 Å². The Morgan fingerprint density at radius 2 is 1.00 bits per heavy atom. The molecule has 1 heterocycles. The third-order valence-corrected chi connectivity index (χ3v) is 14.1. The van der Waals surface area contributed by atoms with Gasteiger partial charge in [-0.1, -0.05) is 213 Å². The summed E-state index contributed by atoms with van der Waals surface area (Å²) in [5.74, 6) is 0. The largest absolute Gasteiger partial charge is 0.310 e. The number of aromatic nitrogens is 1. The summed E-state index contributed by atoms with van der Waals surface area (Å²) >= 11 is 0. The molecule has 0 bridgehead atoms. The number of allylic oxidation sites excluding steroid dienone is 4. The predicted octanol–water partition coefficient (Wildman–Crippen LogP) is 18.5. The maximum Gasteiger partial charge on any atom is 0.0714 e. The van der Waals surface area contributed by atoms with Crippen molar-refractivity contribution in [1.29, 1.82) is 0 Å². The van der Waals surface area contributed by atoms with E-state index in [0.717, 1.165) is 76.8 Å². The number of anilines is 3. The Hall–Kier alpha value is -9.24. The molecule has 12 aromatic rings. The zero-order valence-corrected chi connectivity index (χ0v) is 38.6. The Balaban J connectivity index is 1.05. The van der Waals surface area contributed by atoms with E-state index in [1.54, 1.807) is 15.5 Å². The number of hydrogen-bond donors (Lipinski definition) is 0. The molecule has 1 atom stereocenters. The van der Waals surface area contributed by atoms with Crippen molar-refractivity contribution in [2.75, 3.05) is 4.90 Å². The molecule has 2 heteroatoms. The highest BCUT2D eigenvalue weighted by Crippen LogP contribution is 2.58.